The quantitative estimate of drug-likeness (QED) is 0.175. The van der Waals surface area contributed by atoms with Crippen LogP contribution in [0, 0.1) is 0 Å². The van der Waals surface area contributed by atoms with Gasteiger partial charge >= 0.3 is 0 Å². The van der Waals surface area contributed by atoms with Crippen LogP contribution < -0.4 is 0 Å². The van der Waals surface area contributed by atoms with E-state index in [2.05, 4.69) is 97.1 Å². The average Bonchev–Trinajstić information content (AvgIpc) is 3.97. The number of nitrogens with zero attached hydrogens (tertiary/aromatic N) is 3. The third kappa shape index (κ3) is 5.19. The van der Waals surface area contributed by atoms with Gasteiger partial charge in [0.2, 0.25) is 0 Å². The first-order chi connectivity index (χ1) is 28.2. The first-order valence-corrected chi connectivity index (χ1v) is 19.7. The van der Waals surface area contributed by atoms with E-state index in [4.69, 9.17) is 23.8 Å². The van der Waals surface area contributed by atoms with Crippen LogP contribution in [0.15, 0.2) is 185 Å². The molecule has 0 radical (unpaired) electrons. The lowest BCUT2D eigenvalue weighted by Gasteiger charge is -2.10. The number of hydrogen-bond donors (Lipinski definition) is 0. The van der Waals surface area contributed by atoms with Gasteiger partial charge in [0.1, 0.15) is 22.3 Å². The third-order valence-corrected chi connectivity index (χ3v) is 12.2. The predicted molar refractivity (Wildman–Crippen MR) is 234 cm³/mol. The standard InChI is InChI=1S/C51H29N3O2S/c1-3-11-30(12-4-1)49-52-50(31-13-5-2-6-14-31)54-51(53-49)34-20-23-39-38-22-19-33(28-44(38)56-45(39)29-34)36-25-24-35(47-40-16-8-10-18-46(40)57-48(36)47)32-21-26-43-41(27-32)37-15-7-9-17-42(37)55-43/h1-29H. The Morgan fingerprint density at radius 2 is 0.842 bits per heavy atom. The van der Waals surface area contributed by atoms with E-state index in [9.17, 15) is 0 Å². The van der Waals surface area contributed by atoms with Crippen molar-refractivity contribution in [3.05, 3.63) is 176 Å². The van der Waals surface area contributed by atoms with Crippen LogP contribution in [-0.2, 0) is 0 Å². The van der Waals surface area contributed by atoms with Crippen molar-refractivity contribution in [1.82, 2.24) is 15.0 Å². The van der Waals surface area contributed by atoms with Gasteiger partial charge in [-0.2, -0.15) is 0 Å². The van der Waals surface area contributed by atoms with Gasteiger partial charge in [-0.15, -0.1) is 11.3 Å². The molecule has 0 aliphatic rings. The maximum atomic E-state index is 6.66. The molecule has 0 bridgehead atoms. The van der Waals surface area contributed by atoms with Crippen molar-refractivity contribution < 1.29 is 8.83 Å². The summed E-state index contributed by atoms with van der Waals surface area (Å²) in [5.41, 5.74) is 10.8. The van der Waals surface area contributed by atoms with Gasteiger partial charge in [0.05, 0.1) is 0 Å². The lowest BCUT2D eigenvalue weighted by atomic mass is 9.94. The van der Waals surface area contributed by atoms with E-state index in [-0.39, 0.29) is 0 Å². The van der Waals surface area contributed by atoms with Crippen molar-refractivity contribution in [2.45, 2.75) is 0 Å². The summed E-state index contributed by atoms with van der Waals surface area (Å²) >= 11 is 1.84. The minimum atomic E-state index is 0.595. The number of furan rings is 2. The number of para-hydroxylation sites is 1. The molecule has 4 heterocycles. The van der Waals surface area contributed by atoms with E-state index in [1.807, 2.05) is 90.2 Å². The highest BCUT2D eigenvalue weighted by Gasteiger charge is 2.19. The van der Waals surface area contributed by atoms with Gasteiger partial charge in [-0.3, -0.25) is 0 Å². The highest BCUT2D eigenvalue weighted by molar-refractivity contribution is 7.26. The zero-order valence-corrected chi connectivity index (χ0v) is 31.1. The zero-order chi connectivity index (χ0) is 37.5. The maximum absolute atomic E-state index is 6.66. The van der Waals surface area contributed by atoms with Crippen LogP contribution in [0.2, 0.25) is 0 Å². The normalized spacial score (nSPS) is 11.9. The topological polar surface area (TPSA) is 65.0 Å². The number of aromatic nitrogens is 3. The Labute approximate surface area is 330 Å². The van der Waals surface area contributed by atoms with Crippen LogP contribution >= 0.6 is 11.3 Å². The second-order valence-corrected chi connectivity index (χ2v) is 15.4. The molecule has 0 fully saturated rings. The third-order valence-electron chi connectivity index (χ3n) is 11.0. The summed E-state index contributed by atoms with van der Waals surface area (Å²) in [7, 11) is 0. The lowest BCUT2D eigenvalue weighted by molar-refractivity contribution is 0.668. The second-order valence-electron chi connectivity index (χ2n) is 14.3. The van der Waals surface area contributed by atoms with Crippen molar-refractivity contribution in [1.29, 1.82) is 0 Å². The second kappa shape index (κ2) is 12.6. The molecule has 0 saturated carbocycles. The maximum Gasteiger partial charge on any atom is 0.164 e. The van der Waals surface area contributed by atoms with E-state index in [0.717, 1.165) is 66.1 Å². The minimum absolute atomic E-state index is 0.595. The Bertz CT molecular complexity index is 3470. The predicted octanol–water partition coefficient (Wildman–Crippen LogP) is 14.4. The molecular formula is C51H29N3O2S. The van der Waals surface area contributed by atoms with E-state index < -0.39 is 0 Å². The molecule has 0 unspecified atom stereocenters. The van der Waals surface area contributed by atoms with Gasteiger partial charge in [-0.05, 0) is 70.8 Å². The highest BCUT2D eigenvalue weighted by Crippen LogP contribution is 2.46. The molecule has 0 atom stereocenters. The van der Waals surface area contributed by atoms with Crippen molar-refractivity contribution >= 4 is 75.4 Å². The molecule has 0 aliphatic heterocycles. The molecular weight excluding hydrogens is 719 g/mol. The van der Waals surface area contributed by atoms with Crippen molar-refractivity contribution in [2.75, 3.05) is 0 Å². The fourth-order valence-corrected chi connectivity index (χ4v) is 9.48. The van der Waals surface area contributed by atoms with Crippen LogP contribution in [0.25, 0.3) is 120 Å². The van der Waals surface area contributed by atoms with Crippen molar-refractivity contribution in [3.63, 3.8) is 0 Å². The van der Waals surface area contributed by atoms with Gasteiger partial charge in [-0.25, -0.2) is 15.0 Å². The zero-order valence-electron chi connectivity index (χ0n) is 30.3. The highest BCUT2D eigenvalue weighted by atomic mass is 32.1. The Morgan fingerprint density at radius 1 is 0.333 bits per heavy atom. The van der Waals surface area contributed by atoms with E-state index >= 15 is 0 Å². The lowest BCUT2D eigenvalue weighted by Crippen LogP contribution is -2.00. The summed E-state index contributed by atoms with van der Waals surface area (Å²) in [5.74, 6) is 1.85. The summed E-state index contributed by atoms with van der Waals surface area (Å²) < 4.78 is 15.4. The van der Waals surface area contributed by atoms with Gasteiger partial charge in [0.25, 0.3) is 0 Å². The van der Waals surface area contributed by atoms with Gasteiger partial charge in [-0.1, -0.05) is 127 Å². The van der Waals surface area contributed by atoms with Crippen LogP contribution in [0.4, 0.5) is 0 Å². The first-order valence-electron chi connectivity index (χ1n) is 18.9. The summed E-state index contributed by atoms with van der Waals surface area (Å²) in [5, 5.41) is 6.89. The molecule has 12 rings (SSSR count). The monoisotopic (exact) mass is 747 g/mol. The molecule has 5 nitrogen and oxygen atoms in total. The van der Waals surface area contributed by atoms with E-state index in [1.54, 1.807) is 0 Å². The van der Waals surface area contributed by atoms with Gasteiger partial charge in [0, 0.05) is 58.4 Å². The van der Waals surface area contributed by atoms with Crippen LogP contribution in [0.5, 0.6) is 0 Å². The molecule has 0 spiro atoms. The Hall–Kier alpha value is -7.41. The van der Waals surface area contributed by atoms with Crippen LogP contribution in [0.3, 0.4) is 0 Å². The summed E-state index contributed by atoms with van der Waals surface area (Å²) in [4.78, 5) is 14.8. The fourth-order valence-electron chi connectivity index (χ4n) is 8.21. The molecule has 6 heteroatoms. The van der Waals surface area contributed by atoms with Crippen LogP contribution in [0.1, 0.15) is 0 Å². The molecule has 4 aromatic heterocycles. The summed E-state index contributed by atoms with van der Waals surface area (Å²) in [6, 6.07) is 61.0. The summed E-state index contributed by atoms with van der Waals surface area (Å²) in [6.07, 6.45) is 0. The molecule has 0 amide bonds. The van der Waals surface area contributed by atoms with Gasteiger partial charge < -0.3 is 8.83 Å². The molecule has 0 aliphatic carbocycles. The molecule has 12 aromatic rings. The Morgan fingerprint density at radius 3 is 1.58 bits per heavy atom. The van der Waals surface area contributed by atoms with Crippen molar-refractivity contribution in [2.24, 2.45) is 0 Å². The molecule has 266 valence electrons. The smallest absolute Gasteiger partial charge is 0.164 e. The van der Waals surface area contributed by atoms with E-state index in [0.29, 0.717) is 17.5 Å². The number of benzene rings is 8. The Kier molecular flexibility index (Phi) is 7.03. The SMILES string of the molecule is c1ccc(-c2nc(-c3ccccc3)nc(-c3ccc4c(c3)oc3cc(-c5ccc(-c6ccc7oc8ccccc8c7c6)c6c5sc5ccccc56)ccc34)n2)cc1. The fraction of sp³-hybridized carbons (Fsp3) is 0. The summed E-state index contributed by atoms with van der Waals surface area (Å²) in [6.45, 7) is 0. The van der Waals surface area contributed by atoms with Gasteiger partial charge in [0.15, 0.2) is 17.5 Å². The molecule has 0 N–H and O–H groups in total. The first kappa shape index (κ1) is 31.9. The number of thiophene rings is 1. The number of fused-ring (bicyclic) bond motifs is 9. The molecule has 8 aromatic carbocycles. The van der Waals surface area contributed by atoms with E-state index in [1.165, 1.54) is 36.9 Å². The Balaban J connectivity index is 0.983. The molecule has 0 saturated heterocycles. The number of hydrogen-bond acceptors (Lipinski definition) is 6. The molecule has 57 heavy (non-hydrogen) atoms. The van der Waals surface area contributed by atoms with Crippen LogP contribution in [-0.4, -0.2) is 15.0 Å². The number of rotatable bonds is 5. The minimum Gasteiger partial charge on any atom is -0.456 e. The van der Waals surface area contributed by atoms with Crippen molar-refractivity contribution in [3.8, 4) is 56.4 Å². The largest absolute Gasteiger partial charge is 0.456 e. The average molecular weight is 748 g/mol.